The summed E-state index contributed by atoms with van der Waals surface area (Å²) < 4.78 is 5.12. The summed E-state index contributed by atoms with van der Waals surface area (Å²) >= 11 is 0. The van der Waals surface area contributed by atoms with Crippen molar-refractivity contribution in [2.45, 2.75) is 32.8 Å². The molecule has 0 bridgehead atoms. The first-order valence-corrected chi connectivity index (χ1v) is 5.65. The summed E-state index contributed by atoms with van der Waals surface area (Å²) in [7, 11) is 0. The highest BCUT2D eigenvalue weighted by atomic mass is 16.5. The summed E-state index contributed by atoms with van der Waals surface area (Å²) in [5.41, 5.74) is 1.07. The van der Waals surface area contributed by atoms with Gasteiger partial charge in [0.05, 0.1) is 18.8 Å². The largest absolute Gasteiger partial charge is 0.462 e. The molecule has 0 saturated heterocycles. The number of unbranched alkanes of at least 4 members (excludes halogenated alkanes) is 2. The van der Waals surface area contributed by atoms with Gasteiger partial charge in [0.25, 0.3) is 0 Å². The molecule has 0 atom stereocenters. The minimum absolute atomic E-state index is 0.139. The third-order valence-electron chi connectivity index (χ3n) is 2.39. The maximum absolute atomic E-state index is 11.7. The van der Waals surface area contributed by atoms with Crippen LogP contribution in [0.4, 0.5) is 0 Å². The zero-order chi connectivity index (χ0) is 11.8. The molecule has 0 aliphatic carbocycles. The van der Waals surface area contributed by atoms with Gasteiger partial charge < -0.3 is 9.84 Å². The van der Waals surface area contributed by atoms with E-state index in [0.717, 1.165) is 19.3 Å². The summed E-state index contributed by atoms with van der Waals surface area (Å²) in [5, 5.41) is 9.07. The van der Waals surface area contributed by atoms with E-state index in [4.69, 9.17) is 9.84 Å². The molecule has 3 nitrogen and oxygen atoms in total. The summed E-state index contributed by atoms with van der Waals surface area (Å²) in [4.78, 5) is 11.7. The van der Waals surface area contributed by atoms with Crippen molar-refractivity contribution in [3.63, 3.8) is 0 Å². The number of benzene rings is 1. The molecule has 0 saturated carbocycles. The SMILES string of the molecule is CCCCCOC(=O)c1ccccc1CO. The summed E-state index contributed by atoms with van der Waals surface area (Å²) in [5.74, 6) is -0.347. The van der Waals surface area contributed by atoms with Crippen LogP contribution in [0.5, 0.6) is 0 Å². The smallest absolute Gasteiger partial charge is 0.338 e. The van der Waals surface area contributed by atoms with Crippen LogP contribution in [0.2, 0.25) is 0 Å². The molecule has 0 heterocycles. The Kier molecular flexibility index (Phi) is 5.57. The van der Waals surface area contributed by atoms with Gasteiger partial charge in [0.1, 0.15) is 0 Å². The second-order valence-corrected chi connectivity index (χ2v) is 3.66. The fraction of sp³-hybridized carbons (Fsp3) is 0.462. The average Bonchev–Trinajstić information content (AvgIpc) is 2.34. The van der Waals surface area contributed by atoms with Crippen LogP contribution >= 0.6 is 0 Å². The Labute approximate surface area is 96.1 Å². The van der Waals surface area contributed by atoms with Crippen LogP contribution in [0.1, 0.15) is 42.1 Å². The quantitative estimate of drug-likeness (QED) is 0.594. The Morgan fingerprint density at radius 2 is 2.06 bits per heavy atom. The van der Waals surface area contributed by atoms with Crippen molar-refractivity contribution in [2.75, 3.05) is 6.61 Å². The Balaban J connectivity index is 2.52. The van der Waals surface area contributed by atoms with Crippen LogP contribution in [0.25, 0.3) is 0 Å². The van der Waals surface area contributed by atoms with Crippen LogP contribution in [-0.4, -0.2) is 17.7 Å². The van der Waals surface area contributed by atoms with E-state index in [-0.39, 0.29) is 12.6 Å². The molecule has 0 radical (unpaired) electrons. The minimum Gasteiger partial charge on any atom is -0.462 e. The van der Waals surface area contributed by atoms with E-state index < -0.39 is 0 Å². The highest BCUT2D eigenvalue weighted by Gasteiger charge is 2.10. The van der Waals surface area contributed by atoms with Crippen molar-refractivity contribution in [1.29, 1.82) is 0 Å². The molecule has 0 amide bonds. The molecule has 1 aromatic carbocycles. The van der Waals surface area contributed by atoms with Gasteiger partial charge in [-0.3, -0.25) is 0 Å². The van der Waals surface area contributed by atoms with Crippen LogP contribution < -0.4 is 0 Å². The van der Waals surface area contributed by atoms with Gasteiger partial charge in [-0.1, -0.05) is 38.0 Å². The molecule has 3 heteroatoms. The molecule has 88 valence electrons. The molecular formula is C13H18O3. The fourth-order valence-corrected chi connectivity index (χ4v) is 1.45. The Morgan fingerprint density at radius 1 is 1.31 bits per heavy atom. The molecule has 1 N–H and O–H groups in total. The van der Waals surface area contributed by atoms with Crippen molar-refractivity contribution in [3.8, 4) is 0 Å². The molecule has 0 aliphatic heterocycles. The van der Waals surface area contributed by atoms with E-state index in [0.29, 0.717) is 17.7 Å². The van der Waals surface area contributed by atoms with Gasteiger partial charge >= 0.3 is 5.97 Å². The lowest BCUT2D eigenvalue weighted by Gasteiger charge is -2.07. The third-order valence-corrected chi connectivity index (χ3v) is 2.39. The molecule has 0 fully saturated rings. The predicted octanol–water partition coefficient (Wildman–Crippen LogP) is 2.53. The van der Waals surface area contributed by atoms with Crippen molar-refractivity contribution in [1.82, 2.24) is 0 Å². The molecule has 0 aliphatic rings. The number of carbonyl (C=O) groups is 1. The fourth-order valence-electron chi connectivity index (χ4n) is 1.45. The number of carbonyl (C=O) groups excluding carboxylic acids is 1. The molecule has 0 unspecified atom stereocenters. The van der Waals surface area contributed by atoms with Gasteiger partial charge in [-0.05, 0) is 18.1 Å². The van der Waals surface area contributed by atoms with E-state index in [9.17, 15) is 4.79 Å². The van der Waals surface area contributed by atoms with E-state index in [1.165, 1.54) is 0 Å². The van der Waals surface area contributed by atoms with E-state index in [2.05, 4.69) is 6.92 Å². The van der Waals surface area contributed by atoms with Crippen LogP contribution in [0.3, 0.4) is 0 Å². The van der Waals surface area contributed by atoms with Crippen molar-refractivity contribution in [2.24, 2.45) is 0 Å². The minimum atomic E-state index is -0.347. The summed E-state index contributed by atoms with van der Waals surface area (Å²) in [6, 6.07) is 6.96. The van der Waals surface area contributed by atoms with Gasteiger partial charge in [-0.25, -0.2) is 4.79 Å². The standard InChI is InChI=1S/C13H18O3/c1-2-3-6-9-16-13(15)12-8-5-4-7-11(12)10-14/h4-5,7-8,14H,2-3,6,9-10H2,1H3. The first-order chi connectivity index (χ1) is 7.79. The second-order valence-electron chi connectivity index (χ2n) is 3.66. The van der Waals surface area contributed by atoms with Gasteiger partial charge in [-0.2, -0.15) is 0 Å². The summed E-state index contributed by atoms with van der Waals surface area (Å²) in [6.07, 6.45) is 3.06. The van der Waals surface area contributed by atoms with Crippen molar-refractivity contribution >= 4 is 5.97 Å². The maximum Gasteiger partial charge on any atom is 0.338 e. The number of rotatable bonds is 6. The van der Waals surface area contributed by atoms with Crippen molar-refractivity contribution < 1.29 is 14.6 Å². The molecular weight excluding hydrogens is 204 g/mol. The molecule has 16 heavy (non-hydrogen) atoms. The van der Waals surface area contributed by atoms with E-state index in [1.807, 2.05) is 0 Å². The van der Waals surface area contributed by atoms with Gasteiger partial charge in [0, 0.05) is 0 Å². The van der Waals surface area contributed by atoms with Crippen LogP contribution in [-0.2, 0) is 11.3 Å². The normalized spacial score (nSPS) is 10.1. The molecule has 0 spiro atoms. The topological polar surface area (TPSA) is 46.5 Å². The van der Waals surface area contributed by atoms with Crippen LogP contribution in [0.15, 0.2) is 24.3 Å². The van der Waals surface area contributed by atoms with E-state index in [1.54, 1.807) is 24.3 Å². The number of hydrogen-bond donors (Lipinski definition) is 1. The highest BCUT2D eigenvalue weighted by Crippen LogP contribution is 2.10. The highest BCUT2D eigenvalue weighted by molar-refractivity contribution is 5.91. The predicted molar refractivity (Wildman–Crippen MR) is 62.2 cm³/mol. The van der Waals surface area contributed by atoms with Gasteiger partial charge in [-0.15, -0.1) is 0 Å². The van der Waals surface area contributed by atoms with Crippen molar-refractivity contribution in [3.05, 3.63) is 35.4 Å². The molecule has 0 aromatic heterocycles. The number of hydrogen-bond acceptors (Lipinski definition) is 3. The van der Waals surface area contributed by atoms with Crippen LogP contribution in [0, 0.1) is 0 Å². The lowest BCUT2D eigenvalue weighted by atomic mass is 10.1. The maximum atomic E-state index is 11.7. The monoisotopic (exact) mass is 222 g/mol. The number of ether oxygens (including phenoxy) is 1. The van der Waals surface area contributed by atoms with Gasteiger partial charge in [0.2, 0.25) is 0 Å². The summed E-state index contributed by atoms with van der Waals surface area (Å²) in [6.45, 7) is 2.41. The second kappa shape index (κ2) is 7.01. The average molecular weight is 222 g/mol. The van der Waals surface area contributed by atoms with Gasteiger partial charge in [0.15, 0.2) is 0 Å². The number of esters is 1. The van der Waals surface area contributed by atoms with E-state index >= 15 is 0 Å². The first-order valence-electron chi connectivity index (χ1n) is 5.65. The Bertz CT molecular complexity index is 334. The third kappa shape index (κ3) is 3.66. The Morgan fingerprint density at radius 3 is 2.75 bits per heavy atom. The lowest BCUT2D eigenvalue weighted by molar-refractivity contribution is 0.0494. The zero-order valence-corrected chi connectivity index (χ0v) is 9.61. The Hall–Kier alpha value is -1.35. The first kappa shape index (κ1) is 12.7. The zero-order valence-electron chi connectivity index (χ0n) is 9.61. The molecule has 1 rings (SSSR count). The number of aliphatic hydroxyl groups excluding tert-OH is 1. The lowest BCUT2D eigenvalue weighted by Crippen LogP contribution is -2.09. The number of aliphatic hydroxyl groups is 1. The molecule has 1 aromatic rings.